The Balaban J connectivity index is 2.95. The molecule has 0 radical (unpaired) electrons. The van der Waals surface area contributed by atoms with E-state index in [1.54, 1.807) is 13.3 Å². The van der Waals surface area contributed by atoms with Crippen molar-refractivity contribution in [2.75, 3.05) is 7.11 Å². The lowest BCUT2D eigenvalue weighted by Gasteiger charge is -2.09. The molecule has 0 atom stereocenters. The number of ether oxygens (including phenoxy) is 1. The summed E-state index contributed by atoms with van der Waals surface area (Å²) >= 11 is 12.0. The van der Waals surface area contributed by atoms with E-state index in [-0.39, 0.29) is 0 Å². The molecule has 2 aromatic rings. The fraction of sp³-hybridized carbons (Fsp3) is 0.182. The summed E-state index contributed by atoms with van der Waals surface area (Å²) in [5.74, 6) is 0.690. The third-order valence-electron chi connectivity index (χ3n) is 2.30. The number of halogens is 2. The fourth-order valence-corrected chi connectivity index (χ4v) is 1.90. The van der Waals surface area contributed by atoms with Crippen molar-refractivity contribution < 1.29 is 4.74 Å². The lowest BCUT2D eigenvalue weighted by atomic mass is 10.1. The monoisotopic (exact) mass is 241 g/mol. The molecule has 0 aliphatic rings. The summed E-state index contributed by atoms with van der Waals surface area (Å²) in [7, 11) is 1.60. The first-order chi connectivity index (χ1) is 7.15. The van der Waals surface area contributed by atoms with E-state index in [4.69, 9.17) is 27.9 Å². The van der Waals surface area contributed by atoms with Gasteiger partial charge < -0.3 is 4.74 Å². The Morgan fingerprint density at radius 2 is 2.00 bits per heavy atom. The number of hydrogen-bond acceptors (Lipinski definition) is 2. The van der Waals surface area contributed by atoms with Crippen LogP contribution in [0.1, 0.15) is 5.56 Å². The van der Waals surface area contributed by atoms with Gasteiger partial charge in [0, 0.05) is 6.20 Å². The molecule has 0 fully saturated rings. The van der Waals surface area contributed by atoms with Gasteiger partial charge in [-0.3, -0.25) is 4.98 Å². The lowest BCUT2D eigenvalue weighted by Crippen LogP contribution is -1.90. The molecule has 78 valence electrons. The number of pyridine rings is 1. The average molecular weight is 242 g/mol. The molecule has 1 aromatic carbocycles. The van der Waals surface area contributed by atoms with E-state index in [2.05, 4.69) is 4.98 Å². The van der Waals surface area contributed by atoms with Gasteiger partial charge in [-0.25, -0.2) is 0 Å². The Hall–Kier alpha value is -0.990. The molecule has 0 saturated heterocycles. The zero-order chi connectivity index (χ0) is 11.0. The number of aromatic nitrogens is 1. The van der Waals surface area contributed by atoms with Gasteiger partial charge in [0.2, 0.25) is 0 Å². The number of benzene rings is 1. The van der Waals surface area contributed by atoms with Crippen molar-refractivity contribution in [1.29, 1.82) is 0 Å². The van der Waals surface area contributed by atoms with Crippen LogP contribution in [0, 0.1) is 6.92 Å². The van der Waals surface area contributed by atoms with Crippen molar-refractivity contribution in [3.05, 3.63) is 33.9 Å². The first-order valence-electron chi connectivity index (χ1n) is 4.42. The minimum absolute atomic E-state index is 0.438. The quantitative estimate of drug-likeness (QED) is 0.757. The highest BCUT2D eigenvalue weighted by Crippen LogP contribution is 2.36. The van der Waals surface area contributed by atoms with Crippen LogP contribution in [0.2, 0.25) is 10.0 Å². The molecule has 2 nitrogen and oxygen atoms in total. The summed E-state index contributed by atoms with van der Waals surface area (Å²) in [4.78, 5) is 4.25. The van der Waals surface area contributed by atoms with Crippen LogP contribution in [0.4, 0.5) is 0 Å². The number of hydrogen-bond donors (Lipinski definition) is 0. The first-order valence-corrected chi connectivity index (χ1v) is 5.18. The van der Waals surface area contributed by atoms with Gasteiger partial charge >= 0.3 is 0 Å². The molecule has 1 aromatic heterocycles. The highest BCUT2D eigenvalue weighted by molar-refractivity contribution is 6.45. The maximum absolute atomic E-state index is 6.13. The van der Waals surface area contributed by atoms with Crippen LogP contribution in [0.15, 0.2) is 18.3 Å². The second-order valence-corrected chi connectivity index (χ2v) is 4.01. The average Bonchev–Trinajstić information content (AvgIpc) is 2.24. The molecule has 0 unspecified atom stereocenters. The van der Waals surface area contributed by atoms with Crippen LogP contribution in [0.5, 0.6) is 5.75 Å². The standard InChI is InChI=1S/C11H9Cl2NO/c1-6-3-4-8(15-2)9-10(13)7(12)5-14-11(6)9/h3-5H,1-2H3. The van der Waals surface area contributed by atoms with E-state index in [1.807, 2.05) is 19.1 Å². The Morgan fingerprint density at radius 1 is 1.27 bits per heavy atom. The normalized spacial score (nSPS) is 10.7. The van der Waals surface area contributed by atoms with Gasteiger partial charge in [0.15, 0.2) is 0 Å². The van der Waals surface area contributed by atoms with Gasteiger partial charge in [-0.15, -0.1) is 0 Å². The minimum Gasteiger partial charge on any atom is -0.496 e. The smallest absolute Gasteiger partial charge is 0.129 e. The molecular weight excluding hydrogens is 233 g/mol. The number of fused-ring (bicyclic) bond motifs is 1. The third kappa shape index (κ3) is 1.64. The molecule has 0 aliphatic carbocycles. The van der Waals surface area contributed by atoms with Gasteiger partial charge in [0.25, 0.3) is 0 Å². The zero-order valence-corrected chi connectivity index (χ0v) is 9.86. The van der Waals surface area contributed by atoms with E-state index in [0.29, 0.717) is 15.8 Å². The molecule has 2 rings (SSSR count). The lowest BCUT2D eigenvalue weighted by molar-refractivity contribution is 0.419. The Bertz CT molecular complexity index is 525. The first kappa shape index (κ1) is 10.5. The zero-order valence-electron chi connectivity index (χ0n) is 8.34. The summed E-state index contributed by atoms with van der Waals surface area (Å²) < 4.78 is 5.24. The van der Waals surface area contributed by atoms with Crippen LogP contribution in [-0.4, -0.2) is 12.1 Å². The van der Waals surface area contributed by atoms with E-state index in [0.717, 1.165) is 16.5 Å². The number of aryl methyl sites for hydroxylation is 1. The number of methoxy groups -OCH3 is 1. The molecule has 15 heavy (non-hydrogen) atoms. The van der Waals surface area contributed by atoms with Crippen molar-refractivity contribution in [3.63, 3.8) is 0 Å². The topological polar surface area (TPSA) is 22.1 Å². The molecule has 0 saturated carbocycles. The molecular formula is C11H9Cl2NO. The Kier molecular flexibility index (Phi) is 2.72. The summed E-state index contributed by atoms with van der Waals surface area (Å²) in [6.45, 7) is 1.97. The Morgan fingerprint density at radius 3 is 2.67 bits per heavy atom. The maximum atomic E-state index is 6.13. The van der Waals surface area contributed by atoms with E-state index in [1.165, 1.54) is 0 Å². The summed E-state index contributed by atoms with van der Waals surface area (Å²) in [5.41, 5.74) is 1.87. The van der Waals surface area contributed by atoms with Crippen molar-refractivity contribution in [1.82, 2.24) is 4.98 Å². The van der Waals surface area contributed by atoms with Gasteiger partial charge in [-0.2, -0.15) is 0 Å². The van der Waals surface area contributed by atoms with Crippen LogP contribution >= 0.6 is 23.2 Å². The van der Waals surface area contributed by atoms with Crippen molar-refractivity contribution in [2.45, 2.75) is 6.92 Å². The fourth-order valence-electron chi connectivity index (χ4n) is 1.52. The second-order valence-electron chi connectivity index (χ2n) is 3.23. The highest BCUT2D eigenvalue weighted by Gasteiger charge is 2.11. The van der Waals surface area contributed by atoms with Crippen molar-refractivity contribution in [2.24, 2.45) is 0 Å². The summed E-state index contributed by atoms with van der Waals surface area (Å²) in [6, 6.07) is 3.81. The van der Waals surface area contributed by atoms with Gasteiger partial charge in [0.05, 0.1) is 28.1 Å². The molecule has 0 aliphatic heterocycles. The molecule has 0 spiro atoms. The Labute approximate surface area is 97.8 Å². The third-order valence-corrected chi connectivity index (χ3v) is 3.07. The molecule has 0 amide bonds. The van der Waals surface area contributed by atoms with Gasteiger partial charge in [0.1, 0.15) is 5.75 Å². The number of rotatable bonds is 1. The number of nitrogens with zero attached hydrogens (tertiary/aromatic N) is 1. The van der Waals surface area contributed by atoms with Crippen molar-refractivity contribution >= 4 is 34.1 Å². The second kappa shape index (κ2) is 3.87. The van der Waals surface area contributed by atoms with Crippen LogP contribution in [-0.2, 0) is 0 Å². The van der Waals surface area contributed by atoms with Crippen LogP contribution < -0.4 is 4.74 Å². The van der Waals surface area contributed by atoms with Crippen LogP contribution in [0.25, 0.3) is 10.9 Å². The molecule has 0 bridgehead atoms. The molecule has 1 heterocycles. The maximum Gasteiger partial charge on any atom is 0.129 e. The van der Waals surface area contributed by atoms with E-state index in [9.17, 15) is 0 Å². The molecule has 0 N–H and O–H groups in total. The summed E-state index contributed by atoms with van der Waals surface area (Å²) in [6.07, 6.45) is 1.55. The SMILES string of the molecule is COc1ccc(C)c2ncc(Cl)c(Cl)c12. The van der Waals surface area contributed by atoms with E-state index < -0.39 is 0 Å². The van der Waals surface area contributed by atoms with Crippen molar-refractivity contribution in [3.8, 4) is 5.75 Å². The highest BCUT2D eigenvalue weighted by atomic mass is 35.5. The predicted molar refractivity (Wildman–Crippen MR) is 63.1 cm³/mol. The van der Waals surface area contributed by atoms with E-state index >= 15 is 0 Å². The largest absolute Gasteiger partial charge is 0.496 e. The minimum atomic E-state index is 0.438. The molecule has 4 heteroatoms. The van der Waals surface area contributed by atoms with Gasteiger partial charge in [-0.1, -0.05) is 29.3 Å². The van der Waals surface area contributed by atoms with Gasteiger partial charge in [-0.05, 0) is 18.6 Å². The summed E-state index contributed by atoms with van der Waals surface area (Å²) in [5, 5.41) is 1.70. The predicted octanol–water partition coefficient (Wildman–Crippen LogP) is 3.86. The van der Waals surface area contributed by atoms with Crippen LogP contribution in [0.3, 0.4) is 0 Å².